The van der Waals surface area contributed by atoms with Gasteiger partial charge in [-0.2, -0.15) is 5.01 Å². The first-order chi connectivity index (χ1) is 8.62. The Labute approximate surface area is 107 Å². The lowest BCUT2D eigenvalue weighted by molar-refractivity contribution is 0.164. The average Bonchev–Trinajstić information content (AvgIpc) is 2.39. The van der Waals surface area contributed by atoms with Gasteiger partial charge in [-0.25, -0.2) is 4.79 Å². The molecule has 5 nitrogen and oxygen atoms in total. The molecule has 1 aromatic carbocycles. The van der Waals surface area contributed by atoms with Crippen LogP contribution in [0.2, 0.25) is 0 Å². The Bertz CT molecular complexity index is 416. The standard InChI is InChI=1S/C13H18N2O3/c1-4-10(5-2)11-7-6-8-12(9-11)18-13(16)15(3)14-17/h6-10H,4-5H2,1-3H3. The number of amides is 1. The summed E-state index contributed by atoms with van der Waals surface area (Å²) in [5, 5.41) is 3.10. The average molecular weight is 250 g/mol. The number of hydrogen-bond acceptors (Lipinski definition) is 4. The largest absolute Gasteiger partial charge is 0.438 e. The molecule has 0 radical (unpaired) electrons. The molecule has 0 aromatic heterocycles. The fourth-order valence-electron chi connectivity index (χ4n) is 1.79. The first-order valence-electron chi connectivity index (χ1n) is 6.01. The Morgan fingerprint density at radius 1 is 1.39 bits per heavy atom. The van der Waals surface area contributed by atoms with Crippen molar-refractivity contribution < 1.29 is 9.53 Å². The van der Waals surface area contributed by atoms with Crippen molar-refractivity contribution in [3.05, 3.63) is 34.7 Å². The third-order valence-corrected chi connectivity index (χ3v) is 2.91. The first kappa shape index (κ1) is 14.2. The van der Waals surface area contributed by atoms with Crippen LogP contribution in [0.25, 0.3) is 0 Å². The van der Waals surface area contributed by atoms with Crippen molar-refractivity contribution in [3.63, 3.8) is 0 Å². The number of carbonyl (C=O) groups is 1. The molecule has 0 bridgehead atoms. The number of hydrogen-bond donors (Lipinski definition) is 0. The summed E-state index contributed by atoms with van der Waals surface area (Å²) in [7, 11) is 1.25. The van der Waals surface area contributed by atoms with Gasteiger partial charge in [-0.05, 0) is 36.5 Å². The molecule has 0 aliphatic carbocycles. The van der Waals surface area contributed by atoms with Crippen LogP contribution in [0.1, 0.15) is 38.2 Å². The Morgan fingerprint density at radius 2 is 2.06 bits per heavy atom. The summed E-state index contributed by atoms with van der Waals surface area (Å²) >= 11 is 0. The first-order valence-corrected chi connectivity index (χ1v) is 6.01. The summed E-state index contributed by atoms with van der Waals surface area (Å²) in [5.74, 6) is 0.880. The molecule has 0 saturated heterocycles. The molecule has 98 valence electrons. The van der Waals surface area contributed by atoms with Gasteiger partial charge in [-0.1, -0.05) is 26.0 Å². The summed E-state index contributed by atoms with van der Waals surface area (Å²) in [4.78, 5) is 21.6. The second kappa shape index (κ2) is 6.74. The SMILES string of the molecule is CCC(CC)c1cccc(OC(=O)N(C)N=O)c1. The maximum Gasteiger partial charge on any atom is 0.438 e. The number of benzene rings is 1. The maximum absolute atomic E-state index is 11.4. The van der Waals surface area contributed by atoms with Gasteiger partial charge in [0, 0.05) is 7.05 Å². The highest BCUT2D eigenvalue weighted by Gasteiger charge is 2.13. The van der Waals surface area contributed by atoms with Gasteiger partial charge in [-0.15, -0.1) is 4.91 Å². The van der Waals surface area contributed by atoms with Crippen molar-refractivity contribution in [2.45, 2.75) is 32.6 Å². The van der Waals surface area contributed by atoms with Crippen molar-refractivity contribution in [2.75, 3.05) is 7.05 Å². The van der Waals surface area contributed by atoms with E-state index in [-0.39, 0.29) is 0 Å². The minimum Gasteiger partial charge on any atom is -0.409 e. The Balaban J connectivity index is 2.82. The van der Waals surface area contributed by atoms with Crippen LogP contribution in [0.5, 0.6) is 5.75 Å². The van der Waals surface area contributed by atoms with Gasteiger partial charge in [0.05, 0.1) is 5.29 Å². The van der Waals surface area contributed by atoms with E-state index in [0.717, 1.165) is 18.4 Å². The van der Waals surface area contributed by atoms with Gasteiger partial charge in [0.2, 0.25) is 0 Å². The van der Waals surface area contributed by atoms with Crippen LogP contribution in [0.3, 0.4) is 0 Å². The van der Waals surface area contributed by atoms with Crippen LogP contribution in [0, 0.1) is 4.91 Å². The molecule has 0 aliphatic rings. The molecule has 18 heavy (non-hydrogen) atoms. The molecule has 0 spiro atoms. The molecule has 0 atom stereocenters. The molecule has 0 saturated carbocycles. The van der Waals surface area contributed by atoms with E-state index in [0.29, 0.717) is 16.7 Å². The third-order valence-electron chi connectivity index (χ3n) is 2.91. The van der Waals surface area contributed by atoms with Gasteiger partial charge in [0.15, 0.2) is 0 Å². The molecule has 0 N–H and O–H groups in total. The lowest BCUT2D eigenvalue weighted by atomic mass is 9.94. The van der Waals surface area contributed by atoms with E-state index in [1.165, 1.54) is 7.05 Å². The van der Waals surface area contributed by atoms with Crippen molar-refractivity contribution in [1.29, 1.82) is 0 Å². The van der Waals surface area contributed by atoms with Crippen molar-refractivity contribution in [3.8, 4) is 5.75 Å². The second-order valence-electron chi connectivity index (χ2n) is 4.06. The Morgan fingerprint density at radius 3 is 2.61 bits per heavy atom. The van der Waals surface area contributed by atoms with Gasteiger partial charge in [-0.3, -0.25) is 0 Å². The normalized spacial score (nSPS) is 10.2. The third kappa shape index (κ3) is 3.55. The lowest BCUT2D eigenvalue weighted by Crippen LogP contribution is -2.24. The summed E-state index contributed by atoms with van der Waals surface area (Å²) in [6, 6.07) is 7.36. The van der Waals surface area contributed by atoms with E-state index in [2.05, 4.69) is 19.1 Å². The maximum atomic E-state index is 11.4. The van der Waals surface area contributed by atoms with Crippen LogP contribution >= 0.6 is 0 Å². The van der Waals surface area contributed by atoms with Crippen molar-refractivity contribution in [1.82, 2.24) is 5.01 Å². The second-order valence-corrected chi connectivity index (χ2v) is 4.06. The van der Waals surface area contributed by atoms with Gasteiger partial charge >= 0.3 is 6.09 Å². The number of carbonyl (C=O) groups excluding carboxylic acids is 1. The fraction of sp³-hybridized carbons (Fsp3) is 0.462. The van der Waals surface area contributed by atoms with Crippen LogP contribution < -0.4 is 4.74 Å². The number of nitroso groups, excluding NO2 is 1. The van der Waals surface area contributed by atoms with Gasteiger partial charge < -0.3 is 4.74 Å². The van der Waals surface area contributed by atoms with E-state index in [1.807, 2.05) is 18.2 Å². The van der Waals surface area contributed by atoms with Gasteiger partial charge in [0.1, 0.15) is 5.75 Å². The molecule has 0 unspecified atom stereocenters. The molecule has 5 heteroatoms. The molecule has 0 heterocycles. The summed E-state index contributed by atoms with van der Waals surface area (Å²) in [6.45, 7) is 4.24. The fourth-order valence-corrected chi connectivity index (χ4v) is 1.79. The quantitative estimate of drug-likeness (QED) is 0.591. The Hall–Kier alpha value is -1.91. The zero-order valence-corrected chi connectivity index (χ0v) is 10.9. The number of ether oxygens (including phenoxy) is 1. The zero-order chi connectivity index (χ0) is 13.5. The highest BCUT2D eigenvalue weighted by Crippen LogP contribution is 2.26. The zero-order valence-electron chi connectivity index (χ0n) is 10.9. The predicted molar refractivity (Wildman–Crippen MR) is 69.3 cm³/mol. The van der Waals surface area contributed by atoms with Crippen molar-refractivity contribution >= 4 is 6.09 Å². The van der Waals surface area contributed by atoms with Crippen molar-refractivity contribution in [2.24, 2.45) is 5.29 Å². The molecule has 0 fully saturated rings. The summed E-state index contributed by atoms with van der Waals surface area (Å²) in [5.41, 5.74) is 1.13. The van der Waals surface area contributed by atoms with Crippen LogP contribution in [0.4, 0.5) is 4.79 Å². The number of rotatable bonds is 5. The molecule has 1 aromatic rings. The molecular weight excluding hydrogens is 232 g/mol. The summed E-state index contributed by atoms with van der Waals surface area (Å²) < 4.78 is 5.04. The van der Waals surface area contributed by atoms with Gasteiger partial charge in [0.25, 0.3) is 0 Å². The monoisotopic (exact) mass is 250 g/mol. The minimum atomic E-state index is -0.785. The Kier molecular flexibility index (Phi) is 5.30. The topological polar surface area (TPSA) is 59.0 Å². The number of nitrogens with zero attached hydrogens (tertiary/aromatic N) is 2. The lowest BCUT2D eigenvalue weighted by Gasteiger charge is -2.14. The van der Waals surface area contributed by atoms with E-state index >= 15 is 0 Å². The molecule has 1 amide bonds. The molecule has 0 aliphatic heterocycles. The minimum absolute atomic E-state index is 0.430. The summed E-state index contributed by atoms with van der Waals surface area (Å²) in [6.07, 6.45) is 1.28. The highest BCUT2D eigenvalue weighted by molar-refractivity contribution is 5.69. The van der Waals surface area contributed by atoms with E-state index in [1.54, 1.807) is 6.07 Å². The van der Waals surface area contributed by atoms with E-state index in [4.69, 9.17) is 4.74 Å². The van der Waals surface area contributed by atoms with Crippen LogP contribution in [-0.4, -0.2) is 18.1 Å². The smallest absolute Gasteiger partial charge is 0.409 e. The molecule has 1 rings (SSSR count). The van der Waals surface area contributed by atoms with Crippen LogP contribution in [0.15, 0.2) is 29.6 Å². The van der Waals surface area contributed by atoms with E-state index in [9.17, 15) is 9.70 Å². The molecular formula is C13H18N2O3. The highest BCUT2D eigenvalue weighted by atomic mass is 16.6. The van der Waals surface area contributed by atoms with Crippen LogP contribution in [-0.2, 0) is 0 Å². The van der Waals surface area contributed by atoms with E-state index < -0.39 is 6.09 Å². The predicted octanol–water partition coefficient (Wildman–Crippen LogP) is 3.70.